The van der Waals surface area contributed by atoms with Crippen molar-refractivity contribution in [3.8, 4) is 6.07 Å². The third-order valence-electron chi connectivity index (χ3n) is 3.35. The first-order valence-corrected chi connectivity index (χ1v) is 8.62. The second-order valence-electron chi connectivity index (χ2n) is 4.87. The highest BCUT2D eigenvalue weighted by molar-refractivity contribution is 7.99. The van der Waals surface area contributed by atoms with Gasteiger partial charge in [-0.1, -0.05) is 11.8 Å². The van der Waals surface area contributed by atoms with Crippen LogP contribution >= 0.6 is 23.1 Å². The number of carbonyl (C=O) groups excluding carboxylic acids is 1. The van der Waals surface area contributed by atoms with Gasteiger partial charge in [0.2, 0.25) is 17.0 Å². The molecule has 2 aromatic rings. The van der Waals surface area contributed by atoms with Gasteiger partial charge in [0.1, 0.15) is 11.1 Å². The molecular weight excluding hydrogens is 320 g/mol. The van der Waals surface area contributed by atoms with Crippen molar-refractivity contribution in [2.75, 3.05) is 16.8 Å². The van der Waals surface area contributed by atoms with E-state index in [1.165, 1.54) is 28.0 Å². The van der Waals surface area contributed by atoms with E-state index in [1.54, 1.807) is 0 Å². The number of amides is 1. The molecule has 22 heavy (non-hydrogen) atoms. The van der Waals surface area contributed by atoms with Crippen molar-refractivity contribution >= 4 is 40.0 Å². The van der Waals surface area contributed by atoms with Gasteiger partial charge in [-0.2, -0.15) is 10.2 Å². The molecule has 2 aromatic heterocycles. The van der Waals surface area contributed by atoms with Crippen molar-refractivity contribution in [2.24, 2.45) is 0 Å². The zero-order valence-electron chi connectivity index (χ0n) is 11.7. The fraction of sp³-hybridized carbons (Fsp3) is 0.385. The van der Waals surface area contributed by atoms with Crippen LogP contribution < -0.4 is 11.1 Å². The minimum atomic E-state index is -0.177. The van der Waals surface area contributed by atoms with Crippen LogP contribution in [0.2, 0.25) is 0 Å². The summed E-state index contributed by atoms with van der Waals surface area (Å²) < 4.78 is 0. The number of H-pyrrole nitrogens is 1. The smallest absolute Gasteiger partial charge is 0.235 e. The molecule has 114 valence electrons. The normalized spacial score (nSPS) is 13.4. The molecule has 0 fully saturated rings. The number of hydrogen-bond donors (Lipinski definition) is 3. The Morgan fingerprint density at radius 1 is 1.50 bits per heavy atom. The molecule has 2 heterocycles. The van der Waals surface area contributed by atoms with Gasteiger partial charge in [-0.15, -0.1) is 16.4 Å². The Balaban J connectivity index is 1.66. The van der Waals surface area contributed by atoms with E-state index in [1.807, 2.05) is 0 Å². The highest BCUT2D eigenvalue weighted by Gasteiger charge is 2.21. The van der Waals surface area contributed by atoms with E-state index in [0.717, 1.165) is 31.2 Å². The maximum absolute atomic E-state index is 12.0. The maximum Gasteiger partial charge on any atom is 0.235 e. The summed E-state index contributed by atoms with van der Waals surface area (Å²) in [5.41, 5.74) is 7.16. The summed E-state index contributed by atoms with van der Waals surface area (Å²) in [6, 6.07) is 2.23. The van der Waals surface area contributed by atoms with Crippen LogP contribution in [0.5, 0.6) is 0 Å². The number of nitrogens with zero attached hydrogens (tertiary/aromatic N) is 3. The highest BCUT2D eigenvalue weighted by atomic mass is 32.2. The number of nitrogens with two attached hydrogens (primary N) is 1. The van der Waals surface area contributed by atoms with Crippen molar-refractivity contribution in [3.05, 3.63) is 16.0 Å². The van der Waals surface area contributed by atoms with Gasteiger partial charge in [0, 0.05) is 4.88 Å². The molecule has 0 unspecified atom stereocenters. The Morgan fingerprint density at radius 2 is 2.32 bits per heavy atom. The lowest BCUT2D eigenvalue weighted by Crippen LogP contribution is -2.14. The Morgan fingerprint density at radius 3 is 3.05 bits per heavy atom. The molecule has 1 aliphatic rings. The predicted molar refractivity (Wildman–Crippen MR) is 85.8 cm³/mol. The Hall–Kier alpha value is -2.05. The number of nitrogen functional groups attached to an aromatic ring is 1. The lowest BCUT2D eigenvalue weighted by molar-refractivity contribution is -0.113. The number of carbonyl (C=O) groups is 1. The van der Waals surface area contributed by atoms with Gasteiger partial charge in [0.25, 0.3) is 0 Å². The second kappa shape index (κ2) is 6.37. The number of fused-ring (bicyclic) bond motifs is 1. The van der Waals surface area contributed by atoms with Crippen LogP contribution in [-0.2, 0) is 17.6 Å². The van der Waals surface area contributed by atoms with Gasteiger partial charge < -0.3 is 11.1 Å². The van der Waals surface area contributed by atoms with E-state index in [4.69, 9.17) is 5.73 Å². The van der Waals surface area contributed by atoms with Crippen LogP contribution in [0.3, 0.4) is 0 Å². The zero-order chi connectivity index (χ0) is 15.5. The fourth-order valence-corrected chi connectivity index (χ4v) is 4.25. The van der Waals surface area contributed by atoms with Crippen LogP contribution in [0.4, 0.5) is 10.9 Å². The highest BCUT2D eigenvalue weighted by Crippen LogP contribution is 2.37. The SMILES string of the molecule is N#Cc1c(NC(=O)CSc2n[nH]c(N)n2)sc2c1CCCC2. The van der Waals surface area contributed by atoms with Gasteiger partial charge >= 0.3 is 0 Å². The molecule has 0 radical (unpaired) electrons. The van der Waals surface area contributed by atoms with Gasteiger partial charge in [-0.05, 0) is 31.2 Å². The maximum atomic E-state index is 12.0. The van der Waals surface area contributed by atoms with E-state index in [2.05, 4.69) is 26.6 Å². The predicted octanol–water partition coefficient (Wildman–Crippen LogP) is 1.93. The quantitative estimate of drug-likeness (QED) is 0.735. The van der Waals surface area contributed by atoms with E-state index in [0.29, 0.717) is 15.7 Å². The number of rotatable bonds is 4. The molecule has 0 aliphatic heterocycles. The molecule has 0 bridgehead atoms. The molecule has 3 rings (SSSR count). The van der Waals surface area contributed by atoms with Crippen molar-refractivity contribution in [1.29, 1.82) is 5.26 Å². The zero-order valence-corrected chi connectivity index (χ0v) is 13.3. The summed E-state index contributed by atoms with van der Waals surface area (Å²) in [4.78, 5) is 17.2. The van der Waals surface area contributed by atoms with Gasteiger partial charge in [-0.3, -0.25) is 4.79 Å². The third kappa shape index (κ3) is 3.08. The summed E-state index contributed by atoms with van der Waals surface area (Å²) >= 11 is 2.71. The summed E-state index contributed by atoms with van der Waals surface area (Å²) in [6.07, 6.45) is 4.17. The molecule has 0 spiro atoms. The van der Waals surface area contributed by atoms with Crippen LogP contribution in [0.25, 0.3) is 0 Å². The molecule has 7 nitrogen and oxygen atoms in total. The van der Waals surface area contributed by atoms with Crippen molar-refractivity contribution in [2.45, 2.75) is 30.8 Å². The van der Waals surface area contributed by atoms with Crippen molar-refractivity contribution in [1.82, 2.24) is 15.2 Å². The molecule has 0 aromatic carbocycles. The molecule has 1 aliphatic carbocycles. The molecule has 4 N–H and O–H groups in total. The van der Waals surface area contributed by atoms with Crippen molar-refractivity contribution < 1.29 is 4.79 Å². The van der Waals surface area contributed by atoms with Crippen LogP contribution in [0.1, 0.15) is 28.8 Å². The number of nitriles is 1. The first-order valence-electron chi connectivity index (χ1n) is 6.82. The number of aromatic nitrogens is 3. The van der Waals surface area contributed by atoms with Crippen LogP contribution in [0, 0.1) is 11.3 Å². The number of thioether (sulfide) groups is 1. The number of nitrogens with one attached hydrogen (secondary N) is 2. The van der Waals surface area contributed by atoms with E-state index >= 15 is 0 Å². The van der Waals surface area contributed by atoms with E-state index in [-0.39, 0.29) is 17.6 Å². The summed E-state index contributed by atoms with van der Waals surface area (Å²) in [5, 5.41) is 19.6. The minimum Gasteiger partial charge on any atom is -0.368 e. The number of thiophene rings is 1. The Bertz CT molecular complexity index is 744. The van der Waals surface area contributed by atoms with Crippen LogP contribution in [0.15, 0.2) is 5.16 Å². The van der Waals surface area contributed by atoms with Gasteiger partial charge in [0.15, 0.2) is 0 Å². The van der Waals surface area contributed by atoms with E-state index in [9.17, 15) is 10.1 Å². The average Bonchev–Trinajstić information content (AvgIpc) is 3.08. The molecule has 9 heteroatoms. The summed E-state index contributed by atoms with van der Waals surface area (Å²) in [7, 11) is 0. The second-order valence-corrected chi connectivity index (χ2v) is 6.91. The van der Waals surface area contributed by atoms with Crippen molar-refractivity contribution in [3.63, 3.8) is 0 Å². The first-order chi connectivity index (χ1) is 10.7. The number of aromatic amines is 1. The number of hydrogen-bond acceptors (Lipinski definition) is 7. The molecule has 0 atom stereocenters. The number of anilines is 2. The summed E-state index contributed by atoms with van der Waals surface area (Å²) in [6.45, 7) is 0. The standard InChI is InChI=1S/C13H14N6OS2/c14-5-8-7-3-1-2-4-9(7)22-11(8)16-10(20)6-21-13-17-12(15)18-19-13/h1-4,6H2,(H,16,20)(H3,15,17,18,19). The third-order valence-corrected chi connectivity index (χ3v) is 5.41. The fourth-order valence-electron chi connectivity index (χ4n) is 2.39. The minimum absolute atomic E-state index is 0.171. The number of aryl methyl sites for hydroxylation is 1. The lowest BCUT2D eigenvalue weighted by atomic mass is 9.96. The Labute approximate surface area is 135 Å². The Kier molecular flexibility index (Phi) is 4.31. The first kappa shape index (κ1) is 14.9. The van der Waals surface area contributed by atoms with Crippen LogP contribution in [-0.4, -0.2) is 26.8 Å². The van der Waals surface area contributed by atoms with Gasteiger partial charge in [0.05, 0.1) is 11.3 Å². The topological polar surface area (TPSA) is 120 Å². The monoisotopic (exact) mass is 334 g/mol. The van der Waals surface area contributed by atoms with E-state index < -0.39 is 0 Å². The molecular formula is C13H14N6OS2. The molecule has 1 amide bonds. The summed E-state index contributed by atoms with van der Waals surface area (Å²) in [5.74, 6) is 0.217. The largest absolute Gasteiger partial charge is 0.368 e. The molecule has 0 saturated carbocycles. The average molecular weight is 334 g/mol. The van der Waals surface area contributed by atoms with Gasteiger partial charge in [-0.25, -0.2) is 5.10 Å². The molecule has 0 saturated heterocycles. The lowest BCUT2D eigenvalue weighted by Gasteiger charge is -2.09.